The fourth-order valence-corrected chi connectivity index (χ4v) is 3.86. The van der Waals surface area contributed by atoms with Crippen molar-refractivity contribution in [3.05, 3.63) is 29.8 Å². The third-order valence-corrected chi connectivity index (χ3v) is 6.16. The monoisotopic (exact) mass is 341 g/mol. The van der Waals surface area contributed by atoms with Gasteiger partial charge in [0.1, 0.15) is 0 Å². The van der Waals surface area contributed by atoms with Crippen LogP contribution in [0.4, 0.5) is 0 Å². The van der Waals surface area contributed by atoms with Gasteiger partial charge >= 0.3 is 7.12 Å². The first-order valence-corrected chi connectivity index (χ1v) is 8.86. The number of hydrogen-bond donors (Lipinski definition) is 0. The van der Waals surface area contributed by atoms with Crippen LogP contribution in [0, 0.1) is 11.3 Å². The topological polar surface area (TPSA) is 60.7 Å². The van der Waals surface area contributed by atoms with E-state index in [1.165, 1.54) is 0 Å². The highest BCUT2D eigenvalue weighted by Gasteiger charge is 2.60. The van der Waals surface area contributed by atoms with Crippen LogP contribution in [0.1, 0.15) is 46.1 Å². The summed E-state index contributed by atoms with van der Waals surface area (Å²) < 4.78 is 23.6. The predicted octanol–water partition coefficient (Wildman–Crippen LogP) is 2.28. The van der Waals surface area contributed by atoms with Crippen LogP contribution in [-0.2, 0) is 24.2 Å². The first-order chi connectivity index (χ1) is 11.7. The lowest BCUT2D eigenvalue weighted by Gasteiger charge is -2.48. The van der Waals surface area contributed by atoms with Gasteiger partial charge in [0.15, 0.2) is 5.79 Å². The molecule has 0 atom stereocenters. The molecular formula is C19H24BNO4. The van der Waals surface area contributed by atoms with E-state index in [1.54, 1.807) is 0 Å². The molecule has 1 aromatic carbocycles. The normalized spacial score (nSPS) is 27.9. The van der Waals surface area contributed by atoms with Crippen molar-refractivity contribution in [2.45, 2.75) is 62.9 Å². The van der Waals surface area contributed by atoms with Gasteiger partial charge in [-0.15, -0.1) is 0 Å². The zero-order valence-corrected chi connectivity index (χ0v) is 15.3. The molecule has 1 saturated carbocycles. The molecule has 2 heterocycles. The van der Waals surface area contributed by atoms with E-state index < -0.39 is 11.2 Å². The average molecular weight is 341 g/mol. The second-order valence-corrected chi connectivity index (χ2v) is 8.37. The summed E-state index contributed by atoms with van der Waals surface area (Å²) >= 11 is 0. The second-order valence-electron chi connectivity index (χ2n) is 8.37. The number of ether oxygens (including phenoxy) is 2. The molecule has 2 aliphatic heterocycles. The molecule has 0 bridgehead atoms. The zero-order chi connectivity index (χ0) is 17.9. The lowest BCUT2D eigenvalue weighted by molar-refractivity contribution is -0.229. The number of benzene rings is 1. The molecule has 0 radical (unpaired) electrons. The van der Waals surface area contributed by atoms with Crippen molar-refractivity contribution in [3.63, 3.8) is 0 Å². The van der Waals surface area contributed by atoms with E-state index in [-0.39, 0.29) is 18.3 Å². The highest BCUT2D eigenvalue weighted by atomic mass is 16.7. The van der Waals surface area contributed by atoms with Crippen LogP contribution in [0.3, 0.4) is 0 Å². The predicted molar refractivity (Wildman–Crippen MR) is 93.3 cm³/mol. The van der Waals surface area contributed by atoms with E-state index >= 15 is 0 Å². The molecule has 4 rings (SSSR count). The molecule has 132 valence electrons. The molecule has 2 saturated heterocycles. The molecule has 0 aromatic heterocycles. The highest BCUT2D eigenvalue weighted by Crippen LogP contribution is 2.53. The van der Waals surface area contributed by atoms with E-state index in [4.69, 9.17) is 18.8 Å². The molecule has 1 aliphatic carbocycles. The minimum Gasteiger partial charge on any atom is -0.399 e. The van der Waals surface area contributed by atoms with Crippen molar-refractivity contribution < 1.29 is 18.8 Å². The standard InChI is InChI=1S/C19H24BNO4/c1-16(2)17(3,4)25-20(24-16)15-7-5-14(6-8-15)18(13-21)11-19(12-18)22-9-10-23-19/h5-8H,9-12H2,1-4H3. The molecule has 1 spiro atoms. The maximum absolute atomic E-state index is 9.74. The molecule has 3 aliphatic rings. The summed E-state index contributed by atoms with van der Waals surface area (Å²) in [5.41, 5.74) is 0.722. The maximum atomic E-state index is 9.74. The number of hydrogen-bond acceptors (Lipinski definition) is 5. The summed E-state index contributed by atoms with van der Waals surface area (Å²) in [6, 6.07) is 10.5. The van der Waals surface area contributed by atoms with Crippen LogP contribution in [0.15, 0.2) is 24.3 Å². The Hall–Kier alpha value is -1.39. The van der Waals surface area contributed by atoms with Crippen molar-refractivity contribution in [2.24, 2.45) is 0 Å². The number of nitriles is 1. The van der Waals surface area contributed by atoms with E-state index in [0.29, 0.717) is 26.1 Å². The van der Waals surface area contributed by atoms with Crippen LogP contribution in [0.25, 0.3) is 0 Å². The van der Waals surface area contributed by atoms with Gasteiger partial charge in [0, 0.05) is 12.8 Å². The zero-order valence-electron chi connectivity index (χ0n) is 15.3. The van der Waals surface area contributed by atoms with Crippen LogP contribution in [0.5, 0.6) is 0 Å². The third kappa shape index (κ3) is 2.53. The van der Waals surface area contributed by atoms with Crippen LogP contribution >= 0.6 is 0 Å². The third-order valence-electron chi connectivity index (χ3n) is 6.16. The van der Waals surface area contributed by atoms with E-state index in [2.05, 4.69) is 6.07 Å². The van der Waals surface area contributed by atoms with Crippen molar-refractivity contribution in [1.82, 2.24) is 0 Å². The Labute approximate surface area is 149 Å². The Morgan fingerprint density at radius 3 is 1.92 bits per heavy atom. The van der Waals surface area contributed by atoms with Gasteiger partial charge in [-0.25, -0.2) is 0 Å². The van der Waals surface area contributed by atoms with Gasteiger partial charge in [0.25, 0.3) is 0 Å². The molecule has 6 heteroatoms. The summed E-state index contributed by atoms with van der Waals surface area (Å²) in [7, 11) is -0.383. The second kappa shape index (κ2) is 5.31. The minimum absolute atomic E-state index is 0.359. The molecule has 3 fully saturated rings. The fourth-order valence-electron chi connectivity index (χ4n) is 3.86. The first kappa shape index (κ1) is 17.1. The van der Waals surface area contributed by atoms with Gasteiger partial charge in [-0.05, 0) is 38.7 Å². The van der Waals surface area contributed by atoms with Crippen LogP contribution in [-0.4, -0.2) is 37.3 Å². The van der Waals surface area contributed by atoms with Gasteiger partial charge in [-0.1, -0.05) is 24.3 Å². The van der Waals surface area contributed by atoms with Crippen LogP contribution in [0.2, 0.25) is 0 Å². The van der Waals surface area contributed by atoms with Gasteiger partial charge in [0.05, 0.1) is 35.9 Å². The molecule has 1 aromatic rings. The SMILES string of the molecule is CC1(C)OB(c2ccc(C3(C#N)CC4(C3)OCCO4)cc2)OC1(C)C. The lowest BCUT2D eigenvalue weighted by atomic mass is 9.61. The van der Waals surface area contributed by atoms with E-state index in [9.17, 15) is 5.26 Å². The first-order valence-electron chi connectivity index (χ1n) is 8.86. The number of rotatable bonds is 2. The molecular weight excluding hydrogens is 317 g/mol. The number of nitrogens with zero attached hydrogens (tertiary/aromatic N) is 1. The van der Waals surface area contributed by atoms with E-state index in [0.717, 1.165) is 11.0 Å². The summed E-state index contributed by atoms with van der Waals surface area (Å²) in [6.07, 6.45) is 1.18. The Morgan fingerprint density at radius 1 is 0.920 bits per heavy atom. The van der Waals surface area contributed by atoms with Crippen molar-refractivity contribution in [3.8, 4) is 6.07 Å². The average Bonchev–Trinajstić information content (AvgIpc) is 3.09. The van der Waals surface area contributed by atoms with Gasteiger partial charge in [-0.2, -0.15) is 5.26 Å². The lowest BCUT2D eigenvalue weighted by Crippen LogP contribution is -2.54. The molecule has 0 N–H and O–H groups in total. The van der Waals surface area contributed by atoms with Gasteiger partial charge in [0.2, 0.25) is 0 Å². The Bertz CT molecular complexity index is 692. The van der Waals surface area contributed by atoms with E-state index in [1.807, 2.05) is 52.0 Å². The van der Waals surface area contributed by atoms with Gasteiger partial charge < -0.3 is 18.8 Å². The largest absolute Gasteiger partial charge is 0.494 e. The quantitative estimate of drug-likeness (QED) is 0.773. The summed E-state index contributed by atoms with van der Waals surface area (Å²) in [4.78, 5) is 0. The van der Waals surface area contributed by atoms with Crippen molar-refractivity contribution in [1.29, 1.82) is 5.26 Å². The Kier molecular flexibility index (Phi) is 3.62. The fraction of sp³-hybridized carbons (Fsp3) is 0.632. The van der Waals surface area contributed by atoms with Crippen LogP contribution < -0.4 is 5.46 Å². The smallest absolute Gasteiger partial charge is 0.399 e. The Morgan fingerprint density at radius 2 is 1.44 bits per heavy atom. The molecule has 5 nitrogen and oxygen atoms in total. The molecule has 0 unspecified atom stereocenters. The van der Waals surface area contributed by atoms with Gasteiger partial charge in [-0.3, -0.25) is 0 Å². The minimum atomic E-state index is -0.542. The highest BCUT2D eigenvalue weighted by molar-refractivity contribution is 6.62. The maximum Gasteiger partial charge on any atom is 0.494 e. The summed E-state index contributed by atoms with van der Waals surface area (Å²) in [6.45, 7) is 9.40. The molecule has 25 heavy (non-hydrogen) atoms. The molecule has 0 amide bonds. The summed E-state index contributed by atoms with van der Waals surface area (Å²) in [5.74, 6) is -0.542. The van der Waals surface area contributed by atoms with Crippen molar-refractivity contribution >= 4 is 12.6 Å². The Balaban J connectivity index is 1.52. The van der Waals surface area contributed by atoms with Crippen molar-refractivity contribution in [2.75, 3.05) is 13.2 Å². The summed E-state index contributed by atoms with van der Waals surface area (Å²) in [5, 5.41) is 9.74.